The molecule has 166 valence electrons. The molecule has 3 aromatic carbocycles. The molecular weight excluding hydrogens is 441 g/mol. The average Bonchev–Trinajstić information content (AvgIpc) is 3.25. The summed E-state index contributed by atoms with van der Waals surface area (Å²) >= 11 is 1.30. The van der Waals surface area contributed by atoms with E-state index in [1.807, 2.05) is 60.7 Å². The molecule has 33 heavy (non-hydrogen) atoms. The average molecular weight is 462 g/mol. The molecule has 1 aromatic heterocycles. The highest BCUT2D eigenvalue weighted by Crippen LogP contribution is 2.37. The molecule has 0 saturated heterocycles. The predicted octanol–water partition coefficient (Wildman–Crippen LogP) is 4.39. The Balaban J connectivity index is 1.42. The summed E-state index contributed by atoms with van der Waals surface area (Å²) in [7, 11) is 0. The molecule has 0 fully saturated rings. The van der Waals surface area contributed by atoms with Crippen LogP contribution in [0, 0.1) is 5.82 Å². The third kappa shape index (κ3) is 4.68. The third-order valence-electron chi connectivity index (χ3n) is 5.14. The van der Waals surface area contributed by atoms with Gasteiger partial charge in [0, 0.05) is 5.69 Å². The van der Waals surface area contributed by atoms with Crippen molar-refractivity contribution in [2.45, 2.75) is 23.1 Å². The van der Waals surface area contributed by atoms with Gasteiger partial charge in [-0.3, -0.25) is 4.79 Å². The number of halogens is 1. The number of hydrogen-bond acceptors (Lipinski definition) is 6. The number of para-hydroxylation sites is 2. The Morgan fingerprint density at radius 1 is 1.00 bits per heavy atom. The lowest BCUT2D eigenvalue weighted by molar-refractivity contribution is -0.116. The molecule has 9 heteroatoms. The van der Waals surface area contributed by atoms with Crippen molar-refractivity contribution >= 4 is 23.4 Å². The summed E-state index contributed by atoms with van der Waals surface area (Å²) in [5, 5.41) is 11.4. The minimum atomic E-state index is -0.560. The minimum Gasteiger partial charge on any atom is -0.486 e. The molecule has 2 heterocycles. The zero-order valence-electron chi connectivity index (χ0n) is 17.4. The van der Waals surface area contributed by atoms with Gasteiger partial charge >= 0.3 is 0 Å². The van der Waals surface area contributed by atoms with Crippen LogP contribution in [0.5, 0.6) is 5.75 Å². The van der Waals surface area contributed by atoms with Gasteiger partial charge in [-0.25, -0.2) is 9.07 Å². The molecule has 2 atom stereocenters. The van der Waals surface area contributed by atoms with Gasteiger partial charge in [0.2, 0.25) is 11.1 Å². The summed E-state index contributed by atoms with van der Waals surface area (Å²) in [5.41, 5.74) is 4.81. The summed E-state index contributed by atoms with van der Waals surface area (Å²) in [4.78, 5) is 13.2. The number of anilines is 1. The van der Waals surface area contributed by atoms with Crippen molar-refractivity contribution < 1.29 is 13.9 Å². The SMILES string of the molecule is O=C(Nc1ccccc1)C1Sc2nnc(COc3ccccc3)n2NC1c1ccc(F)cc1. The molecule has 7 nitrogen and oxygen atoms in total. The number of carbonyl (C=O) groups is 1. The molecule has 0 spiro atoms. The van der Waals surface area contributed by atoms with Crippen LogP contribution in [-0.4, -0.2) is 26.0 Å². The normalized spacial score (nSPS) is 17.0. The first-order valence-electron chi connectivity index (χ1n) is 10.3. The highest BCUT2D eigenvalue weighted by atomic mass is 32.2. The van der Waals surface area contributed by atoms with Crippen LogP contribution < -0.4 is 15.5 Å². The molecule has 1 aliphatic rings. The molecular formula is C24H20FN5O2S. The van der Waals surface area contributed by atoms with E-state index >= 15 is 0 Å². The summed E-state index contributed by atoms with van der Waals surface area (Å²) in [6, 6.07) is 24.3. The molecule has 0 radical (unpaired) electrons. The maximum absolute atomic E-state index is 13.6. The van der Waals surface area contributed by atoms with Crippen LogP contribution in [-0.2, 0) is 11.4 Å². The van der Waals surface area contributed by atoms with Crippen LogP contribution in [0.2, 0.25) is 0 Å². The molecule has 1 amide bonds. The van der Waals surface area contributed by atoms with Gasteiger partial charge in [0.25, 0.3) is 0 Å². The number of carbonyl (C=O) groups excluding carboxylic acids is 1. The van der Waals surface area contributed by atoms with E-state index in [4.69, 9.17) is 4.74 Å². The third-order valence-corrected chi connectivity index (χ3v) is 6.36. The number of thioether (sulfide) groups is 1. The molecule has 0 saturated carbocycles. The Labute approximate surface area is 194 Å². The van der Waals surface area contributed by atoms with E-state index in [2.05, 4.69) is 20.9 Å². The second-order valence-electron chi connectivity index (χ2n) is 7.39. The van der Waals surface area contributed by atoms with E-state index < -0.39 is 11.3 Å². The summed E-state index contributed by atoms with van der Waals surface area (Å²) in [5.74, 6) is 0.752. The van der Waals surface area contributed by atoms with E-state index in [0.717, 1.165) is 5.56 Å². The highest BCUT2D eigenvalue weighted by Gasteiger charge is 2.38. The minimum absolute atomic E-state index is 0.190. The number of hydrogen-bond donors (Lipinski definition) is 2. The number of benzene rings is 3. The van der Waals surface area contributed by atoms with Gasteiger partial charge in [-0.05, 0) is 42.0 Å². The molecule has 0 aliphatic carbocycles. The monoisotopic (exact) mass is 461 g/mol. The van der Waals surface area contributed by atoms with Crippen LogP contribution in [0.4, 0.5) is 10.1 Å². The van der Waals surface area contributed by atoms with Crippen LogP contribution in [0.1, 0.15) is 17.4 Å². The van der Waals surface area contributed by atoms with Crippen molar-refractivity contribution in [1.29, 1.82) is 0 Å². The fraction of sp³-hybridized carbons (Fsp3) is 0.125. The number of ether oxygens (including phenoxy) is 1. The number of nitrogens with zero attached hydrogens (tertiary/aromatic N) is 3. The fourth-order valence-electron chi connectivity index (χ4n) is 3.51. The largest absolute Gasteiger partial charge is 0.486 e. The molecule has 1 aliphatic heterocycles. The van der Waals surface area contributed by atoms with Gasteiger partial charge in [-0.15, -0.1) is 10.2 Å². The van der Waals surface area contributed by atoms with E-state index in [0.29, 0.717) is 22.4 Å². The van der Waals surface area contributed by atoms with Gasteiger partial charge in [0.05, 0.1) is 6.04 Å². The first-order valence-corrected chi connectivity index (χ1v) is 11.2. The van der Waals surface area contributed by atoms with Crippen molar-refractivity contribution in [3.8, 4) is 5.75 Å². The Morgan fingerprint density at radius 2 is 1.70 bits per heavy atom. The Bertz CT molecular complexity index is 1230. The fourth-order valence-corrected chi connectivity index (χ4v) is 4.61. The molecule has 2 unspecified atom stereocenters. The second kappa shape index (κ2) is 9.33. The molecule has 0 bridgehead atoms. The summed E-state index contributed by atoms with van der Waals surface area (Å²) < 4.78 is 21.1. The van der Waals surface area contributed by atoms with Gasteiger partial charge in [0.1, 0.15) is 23.4 Å². The van der Waals surface area contributed by atoms with Crippen LogP contribution in [0.3, 0.4) is 0 Å². The Kier molecular flexibility index (Phi) is 5.95. The standard InChI is InChI=1S/C24H20FN5O2S/c25-17-13-11-16(12-14-17)21-22(23(31)26-18-7-3-1-4-8-18)33-24-28-27-20(30(24)29-21)15-32-19-9-5-2-6-10-19/h1-14,21-22,29H,15H2,(H,26,31). The Hall–Kier alpha value is -3.85. The van der Waals surface area contributed by atoms with E-state index in [1.165, 1.54) is 23.9 Å². The van der Waals surface area contributed by atoms with Gasteiger partial charge in [-0.2, -0.15) is 0 Å². The number of amides is 1. The predicted molar refractivity (Wildman–Crippen MR) is 124 cm³/mol. The van der Waals surface area contributed by atoms with E-state index in [-0.39, 0.29) is 18.3 Å². The zero-order chi connectivity index (χ0) is 22.6. The van der Waals surface area contributed by atoms with Crippen molar-refractivity contribution in [2.24, 2.45) is 0 Å². The van der Waals surface area contributed by atoms with Crippen LogP contribution >= 0.6 is 11.8 Å². The summed E-state index contributed by atoms with van der Waals surface area (Å²) in [6.45, 7) is 0.196. The summed E-state index contributed by atoms with van der Waals surface area (Å²) in [6.07, 6.45) is 0. The maximum atomic E-state index is 13.6. The van der Waals surface area contributed by atoms with Crippen LogP contribution in [0.15, 0.2) is 90.1 Å². The Morgan fingerprint density at radius 3 is 2.42 bits per heavy atom. The van der Waals surface area contributed by atoms with E-state index in [9.17, 15) is 9.18 Å². The topological polar surface area (TPSA) is 81.1 Å². The van der Waals surface area contributed by atoms with Gasteiger partial charge < -0.3 is 15.5 Å². The smallest absolute Gasteiger partial charge is 0.240 e. The first-order chi connectivity index (χ1) is 16.2. The molecule has 2 N–H and O–H groups in total. The maximum Gasteiger partial charge on any atom is 0.240 e. The van der Waals surface area contributed by atoms with Crippen LogP contribution in [0.25, 0.3) is 0 Å². The lowest BCUT2D eigenvalue weighted by atomic mass is 10.0. The zero-order valence-corrected chi connectivity index (χ0v) is 18.2. The quantitative estimate of drug-likeness (QED) is 0.443. The second-order valence-corrected chi connectivity index (χ2v) is 8.50. The number of nitrogens with one attached hydrogen (secondary N) is 2. The van der Waals surface area contributed by atoms with Gasteiger partial charge in [0.15, 0.2) is 5.82 Å². The number of rotatable bonds is 6. The number of aromatic nitrogens is 3. The van der Waals surface area contributed by atoms with Crippen molar-refractivity contribution in [1.82, 2.24) is 14.9 Å². The lowest BCUT2D eigenvalue weighted by Crippen LogP contribution is -2.41. The van der Waals surface area contributed by atoms with Gasteiger partial charge in [-0.1, -0.05) is 60.3 Å². The molecule has 4 aromatic rings. The molecule has 5 rings (SSSR count). The first kappa shape index (κ1) is 21.0. The highest BCUT2D eigenvalue weighted by molar-refractivity contribution is 8.00. The van der Waals surface area contributed by atoms with Crippen molar-refractivity contribution in [3.63, 3.8) is 0 Å². The van der Waals surface area contributed by atoms with E-state index in [1.54, 1.807) is 16.8 Å². The van der Waals surface area contributed by atoms with Crippen molar-refractivity contribution in [3.05, 3.63) is 102 Å². The number of fused-ring (bicyclic) bond motifs is 1. The van der Waals surface area contributed by atoms with Crippen molar-refractivity contribution in [2.75, 3.05) is 10.7 Å². The lowest BCUT2D eigenvalue weighted by Gasteiger charge is -2.33.